The largest absolute Gasteiger partial charge is 0.375 e. The first-order chi connectivity index (χ1) is 9.97. The topological polar surface area (TPSA) is 69.0 Å². The molecule has 2 atom stereocenters. The Morgan fingerprint density at radius 2 is 2.19 bits per heavy atom. The van der Waals surface area contributed by atoms with Gasteiger partial charge in [-0.25, -0.2) is 0 Å². The summed E-state index contributed by atoms with van der Waals surface area (Å²) in [7, 11) is 1.94. The zero-order valence-corrected chi connectivity index (χ0v) is 13.4. The minimum atomic E-state index is 0.0484. The molecule has 1 saturated heterocycles. The number of hydrogen-bond donors (Lipinski definition) is 1. The molecule has 0 saturated carbocycles. The zero-order valence-electron chi connectivity index (χ0n) is 13.4. The van der Waals surface area contributed by atoms with E-state index in [9.17, 15) is 4.79 Å². The number of nitrogens with zero attached hydrogens (tertiary/aromatic N) is 3. The number of nitrogens with one attached hydrogen (secondary N) is 1. The number of carbonyl (C=O) groups excluding carboxylic acids is 1. The van der Waals surface area contributed by atoms with Crippen LogP contribution in [-0.4, -0.2) is 32.9 Å². The van der Waals surface area contributed by atoms with Crippen molar-refractivity contribution in [1.29, 1.82) is 0 Å². The van der Waals surface area contributed by atoms with Gasteiger partial charge in [0.25, 0.3) is 0 Å². The van der Waals surface area contributed by atoms with Crippen molar-refractivity contribution in [3.05, 3.63) is 11.6 Å². The smallest absolute Gasteiger partial charge is 0.220 e. The van der Waals surface area contributed by atoms with Crippen molar-refractivity contribution in [1.82, 2.24) is 20.1 Å². The molecule has 0 spiro atoms. The Morgan fingerprint density at radius 1 is 1.43 bits per heavy atom. The Morgan fingerprint density at radius 3 is 2.76 bits per heavy atom. The van der Waals surface area contributed by atoms with E-state index in [0.29, 0.717) is 25.0 Å². The molecule has 2 unspecified atom stereocenters. The van der Waals surface area contributed by atoms with Crippen LogP contribution in [0.2, 0.25) is 0 Å². The van der Waals surface area contributed by atoms with Gasteiger partial charge < -0.3 is 14.6 Å². The molecule has 1 aliphatic heterocycles. The van der Waals surface area contributed by atoms with Crippen molar-refractivity contribution < 1.29 is 9.53 Å². The number of amides is 1. The van der Waals surface area contributed by atoms with Gasteiger partial charge in [-0.1, -0.05) is 13.8 Å². The molecule has 1 aromatic heterocycles. The van der Waals surface area contributed by atoms with Gasteiger partial charge in [-0.15, -0.1) is 10.2 Å². The Bertz CT molecular complexity index is 484. The molecular weight excluding hydrogens is 268 g/mol. The molecule has 1 fully saturated rings. The second-order valence-electron chi connectivity index (χ2n) is 6.15. The molecule has 21 heavy (non-hydrogen) atoms. The highest BCUT2D eigenvalue weighted by molar-refractivity contribution is 5.75. The minimum absolute atomic E-state index is 0.0484. The lowest BCUT2D eigenvalue weighted by atomic mass is 10.1. The van der Waals surface area contributed by atoms with Crippen LogP contribution in [0.4, 0.5) is 0 Å². The van der Waals surface area contributed by atoms with Gasteiger partial charge in [0.2, 0.25) is 5.91 Å². The maximum atomic E-state index is 11.9. The molecule has 1 aromatic rings. The molecule has 0 aliphatic carbocycles. The standard InChI is InChI=1S/C15H26N4O2/c1-10(2)15-18-17-13(19(15)4)9-16-14(20)8-7-12-6-5-11(3)21-12/h10-12H,5-9H2,1-4H3,(H,16,20). The highest BCUT2D eigenvalue weighted by atomic mass is 16.5. The quantitative estimate of drug-likeness (QED) is 0.870. The van der Waals surface area contributed by atoms with Crippen LogP contribution in [0.25, 0.3) is 0 Å². The Kier molecular flexibility index (Phi) is 5.33. The third kappa shape index (κ3) is 4.27. The molecular formula is C15H26N4O2. The molecule has 0 radical (unpaired) electrons. The third-order valence-corrected chi connectivity index (χ3v) is 3.97. The first-order valence-electron chi connectivity index (χ1n) is 7.77. The van der Waals surface area contributed by atoms with E-state index in [1.807, 2.05) is 11.6 Å². The van der Waals surface area contributed by atoms with Crippen molar-refractivity contribution in [2.75, 3.05) is 0 Å². The predicted octanol–water partition coefficient (Wildman–Crippen LogP) is 1.90. The van der Waals surface area contributed by atoms with Crippen LogP contribution in [0.15, 0.2) is 0 Å². The van der Waals surface area contributed by atoms with Gasteiger partial charge in [-0.05, 0) is 26.2 Å². The number of rotatable bonds is 6. The summed E-state index contributed by atoms with van der Waals surface area (Å²) in [4.78, 5) is 11.9. The van der Waals surface area contributed by atoms with Crippen molar-refractivity contribution in [2.45, 2.75) is 71.1 Å². The third-order valence-electron chi connectivity index (χ3n) is 3.97. The molecule has 0 aromatic carbocycles. The van der Waals surface area contributed by atoms with Gasteiger partial charge in [0.05, 0.1) is 18.8 Å². The predicted molar refractivity (Wildman–Crippen MR) is 79.7 cm³/mol. The van der Waals surface area contributed by atoms with Crippen LogP contribution in [0.5, 0.6) is 0 Å². The molecule has 118 valence electrons. The van der Waals surface area contributed by atoms with Crippen LogP contribution in [0.1, 0.15) is 64.0 Å². The summed E-state index contributed by atoms with van der Waals surface area (Å²) in [5, 5.41) is 11.2. The van der Waals surface area contributed by atoms with E-state index in [0.717, 1.165) is 30.9 Å². The molecule has 2 heterocycles. The summed E-state index contributed by atoms with van der Waals surface area (Å²) in [6.45, 7) is 6.67. The van der Waals surface area contributed by atoms with E-state index in [2.05, 4.69) is 36.3 Å². The van der Waals surface area contributed by atoms with Crippen LogP contribution >= 0.6 is 0 Å². The first-order valence-corrected chi connectivity index (χ1v) is 7.77. The normalized spacial score (nSPS) is 22.0. The number of ether oxygens (including phenoxy) is 1. The van der Waals surface area contributed by atoms with Crippen LogP contribution in [0.3, 0.4) is 0 Å². The van der Waals surface area contributed by atoms with Crippen molar-refractivity contribution >= 4 is 5.91 Å². The van der Waals surface area contributed by atoms with Crippen molar-refractivity contribution in [3.8, 4) is 0 Å². The summed E-state index contributed by atoms with van der Waals surface area (Å²) >= 11 is 0. The summed E-state index contributed by atoms with van der Waals surface area (Å²) < 4.78 is 7.67. The molecule has 0 bridgehead atoms. The second-order valence-corrected chi connectivity index (χ2v) is 6.15. The van der Waals surface area contributed by atoms with Gasteiger partial charge in [0, 0.05) is 19.4 Å². The minimum Gasteiger partial charge on any atom is -0.375 e. The lowest BCUT2D eigenvalue weighted by Crippen LogP contribution is -2.25. The SMILES string of the molecule is CC1CCC(CCC(=O)NCc2nnc(C(C)C)n2C)O1. The fraction of sp³-hybridized carbons (Fsp3) is 0.800. The average molecular weight is 294 g/mol. The highest BCUT2D eigenvalue weighted by Crippen LogP contribution is 2.22. The van der Waals surface area contributed by atoms with Gasteiger partial charge in [0.1, 0.15) is 5.82 Å². The molecule has 1 amide bonds. The monoisotopic (exact) mass is 294 g/mol. The summed E-state index contributed by atoms with van der Waals surface area (Å²) in [6.07, 6.45) is 4.05. The van der Waals surface area contributed by atoms with E-state index in [1.165, 1.54) is 0 Å². The van der Waals surface area contributed by atoms with E-state index < -0.39 is 0 Å². The summed E-state index contributed by atoms with van der Waals surface area (Å²) in [5.74, 6) is 2.10. The van der Waals surface area contributed by atoms with Crippen LogP contribution in [0, 0.1) is 0 Å². The maximum Gasteiger partial charge on any atom is 0.220 e. The molecule has 2 rings (SSSR count). The fourth-order valence-electron chi connectivity index (χ4n) is 2.69. The van der Waals surface area contributed by atoms with E-state index >= 15 is 0 Å². The van der Waals surface area contributed by atoms with Crippen LogP contribution < -0.4 is 5.32 Å². The summed E-state index contributed by atoms with van der Waals surface area (Å²) in [6, 6.07) is 0. The molecule has 1 aliphatic rings. The number of carbonyl (C=O) groups is 1. The molecule has 1 N–H and O–H groups in total. The lowest BCUT2D eigenvalue weighted by molar-refractivity contribution is -0.122. The van der Waals surface area contributed by atoms with E-state index in [1.54, 1.807) is 0 Å². The first kappa shape index (κ1) is 15.9. The van der Waals surface area contributed by atoms with Gasteiger partial charge >= 0.3 is 0 Å². The maximum absolute atomic E-state index is 11.9. The average Bonchev–Trinajstić information content (AvgIpc) is 3.00. The fourth-order valence-corrected chi connectivity index (χ4v) is 2.69. The Hall–Kier alpha value is -1.43. The lowest BCUT2D eigenvalue weighted by Gasteiger charge is -2.11. The Balaban J connectivity index is 1.74. The number of hydrogen-bond acceptors (Lipinski definition) is 4. The van der Waals surface area contributed by atoms with Crippen molar-refractivity contribution in [3.63, 3.8) is 0 Å². The summed E-state index contributed by atoms with van der Waals surface area (Å²) in [5.41, 5.74) is 0. The van der Waals surface area contributed by atoms with Gasteiger partial charge in [0.15, 0.2) is 5.82 Å². The van der Waals surface area contributed by atoms with E-state index in [-0.39, 0.29) is 12.0 Å². The van der Waals surface area contributed by atoms with Gasteiger partial charge in [-0.2, -0.15) is 0 Å². The highest BCUT2D eigenvalue weighted by Gasteiger charge is 2.22. The zero-order chi connectivity index (χ0) is 15.4. The molecule has 6 heteroatoms. The Labute approximate surface area is 126 Å². The van der Waals surface area contributed by atoms with E-state index in [4.69, 9.17) is 4.74 Å². The number of aromatic nitrogens is 3. The second kappa shape index (κ2) is 7.02. The van der Waals surface area contributed by atoms with Gasteiger partial charge in [-0.3, -0.25) is 4.79 Å². The van der Waals surface area contributed by atoms with Crippen molar-refractivity contribution in [2.24, 2.45) is 7.05 Å². The molecule has 6 nitrogen and oxygen atoms in total. The van der Waals surface area contributed by atoms with Crippen LogP contribution in [-0.2, 0) is 23.1 Å².